The molecule has 0 bridgehead atoms. The number of hydrogen-bond donors (Lipinski definition) is 7. The lowest BCUT2D eigenvalue weighted by molar-refractivity contribution is -0.143. The number of carboxylic acid groups (broad SMARTS) is 1. The summed E-state index contributed by atoms with van der Waals surface area (Å²) in [5.41, 5.74) is 11.2. The van der Waals surface area contributed by atoms with Gasteiger partial charge in [-0.1, -0.05) is 13.8 Å². The molecule has 0 saturated heterocycles. The number of carbonyl (C=O) groups is 4. The zero-order chi connectivity index (χ0) is 24.8. The molecule has 0 aliphatic heterocycles. The highest BCUT2D eigenvalue weighted by Gasteiger charge is 2.31. The van der Waals surface area contributed by atoms with Crippen molar-refractivity contribution in [2.24, 2.45) is 17.4 Å². The van der Waals surface area contributed by atoms with Gasteiger partial charge in [-0.25, -0.2) is 4.79 Å². The Morgan fingerprint density at radius 1 is 0.906 bits per heavy atom. The molecule has 0 fully saturated rings. The molecule has 0 aliphatic carbocycles. The Hall–Kier alpha value is -1.89. The summed E-state index contributed by atoms with van der Waals surface area (Å²) in [6.07, 6.45) is 2.46. The van der Waals surface area contributed by atoms with Gasteiger partial charge in [-0.3, -0.25) is 14.4 Å². The number of nitrogens with one attached hydrogen (secondary N) is 3. The largest absolute Gasteiger partial charge is 0.480 e. The van der Waals surface area contributed by atoms with Gasteiger partial charge in [-0.2, -0.15) is 11.8 Å². The van der Waals surface area contributed by atoms with Crippen LogP contribution in [0.5, 0.6) is 0 Å². The van der Waals surface area contributed by atoms with Gasteiger partial charge >= 0.3 is 5.97 Å². The predicted molar refractivity (Wildman–Crippen MR) is 124 cm³/mol. The number of thioether (sulfide) groups is 1. The Labute approximate surface area is 193 Å². The number of aliphatic carboxylic acids is 1. The van der Waals surface area contributed by atoms with E-state index in [0.717, 1.165) is 0 Å². The molecular weight excluding hydrogens is 438 g/mol. The molecule has 9 N–H and O–H groups in total. The molecule has 32 heavy (non-hydrogen) atoms. The number of unbranched alkanes of at least 4 members (excludes halogenated alkanes) is 1. The van der Waals surface area contributed by atoms with E-state index in [9.17, 15) is 29.4 Å². The van der Waals surface area contributed by atoms with Crippen molar-refractivity contribution in [2.75, 3.05) is 18.6 Å². The van der Waals surface area contributed by atoms with Crippen LogP contribution >= 0.6 is 11.8 Å². The first-order chi connectivity index (χ1) is 15.0. The number of aliphatic hydroxyl groups is 1. The standard InChI is InChI=1S/C20H39N5O6S/c1-11(2)16(20(30)31)25-18(28)13(7-5-6-9-21)23-17(27)14(8-10-32-4)24-19(29)15(22)12(3)26/h11-16,26H,5-10,21-22H2,1-4H3,(H,23,27)(H,24,29)(H,25,28)(H,30,31). The van der Waals surface area contributed by atoms with Crippen LogP contribution in [-0.4, -0.2) is 82.7 Å². The molecule has 0 aromatic heterocycles. The fourth-order valence-electron chi connectivity index (χ4n) is 2.79. The van der Waals surface area contributed by atoms with E-state index in [1.807, 2.05) is 6.26 Å². The second-order valence-electron chi connectivity index (χ2n) is 8.02. The first kappa shape index (κ1) is 30.1. The molecule has 0 rings (SSSR count). The van der Waals surface area contributed by atoms with Crippen molar-refractivity contribution in [1.82, 2.24) is 16.0 Å². The van der Waals surface area contributed by atoms with Crippen LogP contribution in [-0.2, 0) is 19.2 Å². The van der Waals surface area contributed by atoms with Crippen LogP contribution in [0, 0.1) is 5.92 Å². The van der Waals surface area contributed by atoms with Gasteiger partial charge in [0.05, 0.1) is 6.10 Å². The summed E-state index contributed by atoms with van der Waals surface area (Å²) in [5, 5.41) is 26.5. The van der Waals surface area contributed by atoms with Gasteiger partial charge in [0.15, 0.2) is 0 Å². The summed E-state index contributed by atoms with van der Waals surface area (Å²) in [7, 11) is 0. The monoisotopic (exact) mass is 477 g/mol. The topological polar surface area (TPSA) is 197 Å². The summed E-state index contributed by atoms with van der Waals surface area (Å²) in [6, 6.07) is -4.27. The van der Waals surface area contributed by atoms with Crippen molar-refractivity contribution in [3.63, 3.8) is 0 Å². The van der Waals surface area contributed by atoms with Gasteiger partial charge in [-0.05, 0) is 57.1 Å². The third kappa shape index (κ3) is 11.1. The van der Waals surface area contributed by atoms with Gasteiger partial charge in [0, 0.05) is 0 Å². The summed E-state index contributed by atoms with van der Waals surface area (Å²) >= 11 is 1.48. The van der Waals surface area contributed by atoms with E-state index in [-0.39, 0.29) is 18.8 Å². The second kappa shape index (κ2) is 15.8. The van der Waals surface area contributed by atoms with Crippen LogP contribution in [0.4, 0.5) is 0 Å². The van der Waals surface area contributed by atoms with Crippen LogP contribution in [0.1, 0.15) is 46.5 Å². The Balaban J connectivity index is 5.46. The van der Waals surface area contributed by atoms with Crippen LogP contribution in [0.25, 0.3) is 0 Å². The highest BCUT2D eigenvalue weighted by Crippen LogP contribution is 2.08. The number of amides is 3. The number of carboxylic acids is 1. The van der Waals surface area contributed by atoms with Crippen LogP contribution in [0.3, 0.4) is 0 Å². The minimum absolute atomic E-state index is 0.260. The zero-order valence-corrected chi connectivity index (χ0v) is 20.1. The molecule has 0 radical (unpaired) electrons. The highest BCUT2D eigenvalue weighted by molar-refractivity contribution is 7.98. The van der Waals surface area contributed by atoms with Crippen molar-refractivity contribution in [3.05, 3.63) is 0 Å². The maximum atomic E-state index is 12.9. The minimum atomic E-state index is -1.20. The molecule has 0 aliphatic rings. The maximum Gasteiger partial charge on any atom is 0.326 e. The SMILES string of the molecule is CSCCC(NC(=O)C(N)C(C)O)C(=O)NC(CCCCN)C(=O)NC(C(=O)O)C(C)C. The normalized spacial score (nSPS) is 15.9. The van der Waals surface area contributed by atoms with Gasteiger partial charge < -0.3 is 37.6 Å². The van der Waals surface area contributed by atoms with E-state index in [2.05, 4.69) is 16.0 Å². The van der Waals surface area contributed by atoms with E-state index in [4.69, 9.17) is 11.5 Å². The van der Waals surface area contributed by atoms with Crippen molar-refractivity contribution in [3.8, 4) is 0 Å². The van der Waals surface area contributed by atoms with E-state index in [1.165, 1.54) is 18.7 Å². The minimum Gasteiger partial charge on any atom is -0.480 e. The Bertz CT molecular complexity index is 619. The van der Waals surface area contributed by atoms with Gasteiger partial charge in [-0.15, -0.1) is 0 Å². The van der Waals surface area contributed by atoms with Crippen molar-refractivity contribution in [1.29, 1.82) is 0 Å². The third-order valence-electron chi connectivity index (χ3n) is 4.88. The summed E-state index contributed by atoms with van der Waals surface area (Å²) < 4.78 is 0. The van der Waals surface area contributed by atoms with Crippen LogP contribution in [0.15, 0.2) is 0 Å². The van der Waals surface area contributed by atoms with Crippen molar-refractivity contribution < 1.29 is 29.4 Å². The quantitative estimate of drug-likeness (QED) is 0.133. The smallest absolute Gasteiger partial charge is 0.326 e. The molecule has 0 aromatic carbocycles. The van der Waals surface area contributed by atoms with E-state index in [0.29, 0.717) is 25.1 Å². The van der Waals surface area contributed by atoms with Crippen molar-refractivity contribution >= 4 is 35.5 Å². The fraction of sp³-hybridized carbons (Fsp3) is 0.800. The number of carbonyl (C=O) groups excluding carboxylic acids is 3. The Morgan fingerprint density at radius 2 is 1.44 bits per heavy atom. The molecule has 5 atom stereocenters. The average molecular weight is 478 g/mol. The number of aliphatic hydroxyl groups excluding tert-OH is 1. The van der Waals surface area contributed by atoms with Crippen LogP contribution in [0.2, 0.25) is 0 Å². The molecule has 11 nitrogen and oxygen atoms in total. The molecule has 0 saturated carbocycles. The molecule has 0 heterocycles. The lowest BCUT2D eigenvalue weighted by atomic mass is 10.0. The van der Waals surface area contributed by atoms with E-state index in [1.54, 1.807) is 13.8 Å². The molecule has 5 unspecified atom stereocenters. The second-order valence-corrected chi connectivity index (χ2v) is 9.01. The molecule has 0 spiro atoms. The summed E-state index contributed by atoms with van der Waals surface area (Å²) in [4.78, 5) is 49.4. The lowest BCUT2D eigenvalue weighted by Gasteiger charge is -2.26. The maximum absolute atomic E-state index is 12.9. The number of nitrogens with two attached hydrogens (primary N) is 2. The number of hydrogen-bond acceptors (Lipinski definition) is 8. The average Bonchev–Trinajstić information content (AvgIpc) is 2.72. The zero-order valence-electron chi connectivity index (χ0n) is 19.3. The predicted octanol–water partition coefficient (Wildman–Crippen LogP) is -1.23. The Morgan fingerprint density at radius 3 is 1.91 bits per heavy atom. The van der Waals surface area contributed by atoms with E-state index >= 15 is 0 Å². The summed E-state index contributed by atoms with van der Waals surface area (Å²) in [6.45, 7) is 5.11. The first-order valence-electron chi connectivity index (χ1n) is 10.7. The Kier molecular flexibility index (Phi) is 14.9. The summed E-state index contributed by atoms with van der Waals surface area (Å²) in [5.74, 6) is -2.86. The van der Waals surface area contributed by atoms with Crippen molar-refractivity contribution in [2.45, 2.75) is 76.7 Å². The molecule has 186 valence electrons. The van der Waals surface area contributed by atoms with Crippen LogP contribution < -0.4 is 27.4 Å². The molecule has 0 aromatic rings. The first-order valence-corrected chi connectivity index (χ1v) is 12.1. The van der Waals surface area contributed by atoms with Gasteiger partial charge in [0.1, 0.15) is 24.2 Å². The molecular formula is C20H39N5O6S. The molecule has 12 heteroatoms. The molecule has 3 amide bonds. The third-order valence-corrected chi connectivity index (χ3v) is 5.52. The fourth-order valence-corrected chi connectivity index (χ4v) is 3.26. The lowest BCUT2D eigenvalue weighted by Crippen LogP contribution is -2.58. The number of rotatable bonds is 16. The van der Waals surface area contributed by atoms with Gasteiger partial charge in [0.2, 0.25) is 17.7 Å². The highest BCUT2D eigenvalue weighted by atomic mass is 32.2. The van der Waals surface area contributed by atoms with E-state index < -0.39 is 54.0 Å². The van der Waals surface area contributed by atoms with Gasteiger partial charge in [0.25, 0.3) is 0 Å².